The average Bonchev–Trinajstić information content (AvgIpc) is 1.78. The van der Waals surface area contributed by atoms with Crippen molar-refractivity contribution in [2.75, 3.05) is 0 Å². The Morgan fingerprint density at radius 3 is 2.20 bits per heavy atom. The molecule has 0 spiro atoms. The minimum atomic E-state index is -2.39. The summed E-state index contributed by atoms with van der Waals surface area (Å²) in [5, 5.41) is 0. The zero-order valence-electron chi connectivity index (χ0n) is 6.37. The van der Waals surface area contributed by atoms with Crippen molar-refractivity contribution in [3.8, 4) is 0 Å². The molecular formula is C7H15AsF2. The van der Waals surface area contributed by atoms with Crippen LogP contribution in [0.2, 0.25) is 0 Å². The van der Waals surface area contributed by atoms with Gasteiger partial charge in [-0.1, -0.05) is 0 Å². The molecule has 1 unspecified atom stereocenters. The van der Waals surface area contributed by atoms with Crippen molar-refractivity contribution in [1.29, 1.82) is 0 Å². The first-order chi connectivity index (χ1) is 4.56. The molecule has 0 saturated heterocycles. The van der Waals surface area contributed by atoms with Crippen molar-refractivity contribution in [3.63, 3.8) is 0 Å². The first-order valence-corrected chi connectivity index (χ1v) is 4.94. The second-order valence-electron chi connectivity index (χ2n) is 2.57. The molecular weight excluding hydrogens is 197 g/mol. The van der Waals surface area contributed by atoms with Crippen LogP contribution in [0.15, 0.2) is 0 Å². The third-order valence-electron chi connectivity index (χ3n) is 1.36. The van der Waals surface area contributed by atoms with E-state index in [0.29, 0.717) is 23.3 Å². The molecule has 10 heavy (non-hydrogen) atoms. The fourth-order valence-corrected chi connectivity index (χ4v) is 1.22. The Morgan fingerprint density at radius 1 is 1.20 bits per heavy atom. The molecule has 0 saturated carbocycles. The van der Waals surface area contributed by atoms with Crippen LogP contribution >= 0.6 is 0 Å². The van der Waals surface area contributed by atoms with Gasteiger partial charge in [-0.25, -0.2) is 0 Å². The van der Waals surface area contributed by atoms with Crippen LogP contribution in [0, 0.1) is 0 Å². The van der Waals surface area contributed by atoms with Gasteiger partial charge in [0.05, 0.1) is 0 Å². The summed E-state index contributed by atoms with van der Waals surface area (Å²) in [4.78, 5) is 0. The Kier molecular flexibility index (Phi) is 5.33. The van der Waals surface area contributed by atoms with Gasteiger partial charge in [-0.05, 0) is 0 Å². The maximum absolute atomic E-state index is 12.2. The van der Waals surface area contributed by atoms with Gasteiger partial charge < -0.3 is 0 Å². The molecule has 0 aromatic carbocycles. The molecule has 0 aliphatic carbocycles. The van der Waals surface area contributed by atoms with Gasteiger partial charge in [0, 0.05) is 0 Å². The molecule has 0 radical (unpaired) electrons. The third kappa shape index (κ3) is 8.42. The molecule has 0 aromatic rings. The van der Waals surface area contributed by atoms with Gasteiger partial charge in [0.25, 0.3) is 0 Å². The molecule has 0 aliphatic rings. The van der Waals surface area contributed by atoms with E-state index >= 15 is 0 Å². The molecule has 0 amide bonds. The molecule has 3 heteroatoms. The van der Waals surface area contributed by atoms with Crippen LogP contribution in [0.1, 0.15) is 39.0 Å². The first-order valence-electron chi connectivity index (χ1n) is 3.73. The van der Waals surface area contributed by atoms with Crippen molar-refractivity contribution >= 4 is 16.9 Å². The van der Waals surface area contributed by atoms with Gasteiger partial charge in [-0.3, -0.25) is 0 Å². The molecule has 62 valence electrons. The standard InChI is InChI=1S/C7H15AsF2/c1-2-3-4-5-6-7(8,9)10/h2-6,8H2,1H3. The Labute approximate surface area is 69.9 Å². The normalized spacial score (nSPS) is 12.0. The van der Waals surface area contributed by atoms with Crippen molar-refractivity contribution < 1.29 is 8.78 Å². The number of halogens is 2. The van der Waals surface area contributed by atoms with E-state index in [9.17, 15) is 8.78 Å². The van der Waals surface area contributed by atoms with E-state index in [-0.39, 0.29) is 6.42 Å². The summed E-state index contributed by atoms with van der Waals surface area (Å²) in [6.45, 7) is 2.08. The van der Waals surface area contributed by atoms with Crippen LogP contribution in [-0.2, 0) is 0 Å². The summed E-state index contributed by atoms with van der Waals surface area (Å²) in [6, 6.07) is 0. The fourth-order valence-electron chi connectivity index (χ4n) is 0.787. The van der Waals surface area contributed by atoms with Crippen LogP contribution in [0.3, 0.4) is 0 Å². The monoisotopic (exact) mass is 212 g/mol. The Bertz CT molecular complexity index is 78.2. The number of alkyl halides is 2. The summed E-state index contributed by atoms with van der Waals surface area (Å²) in [6.07, 6.45) is 3.91. The van der Waals surface area contributed by atoms with Gasteiger partial charge in [0.1, 0.15) is 0 Å². The van der Waals surface area contributed by atoms with E-state index in [1.54, 1.807) is 0 Å². The molecule has 0 heterocycles. The van der Waals surface area contributed by atoms with E-state index < -0.39 is 4.71 Å². The van der Waals surface area contributed by atoms with Crippen LogP contribution in [-0.4, -0.2) is 21.6 Å². The molecule has 0 rings (SSSR count). The molecule has 0 bridgehead atoms. The van der Waals surface area contributed by atoms with E-state index in [2.05, 4.69) is 6.92 Å². The molecule has 0 aliphatic heterocycles. The molecule has 0 fully saturated rings. The van der Waals surface area contributed by atoms with E-state index in [1.807, 2.05) is 0 Å². The fraction of sp³-hybridized carbons (Fsp3) is 1.00. The van der Waals surface area contributed by atoms with Crippen molar-refractivity contribution in [3.05, 3.63) is 0 Å². The summed E-state index contributed by atoms with van der Waals surface area (Å²) < 4.78 is 22.0. The van der Waals surface area contributed by atoms with Crippen molar-refractivity contribution in [2.45, 2.75) is 43.7 Å². The predicted molar refractivity (Wildman–Crippen MR) is 42.3 cm³/mol. The Morgan fingerprint density at radius 2 is 1.80 bits per heavy atom. The molecule has 1 atom stereocenters. The Balaban J connectivity index is 3.04. The maximum atomic E-state index is 12.2. The number of hydrogen-bond acceptors (Lipinski definition) is 0. The van der Waals surface area contributed by atoms with Crippen LogP contribution in [0.25, 0.3) is 0 Å². The summed E-state index contributed by atoms with van der Waals surface area (Å²) in [5.41, 5.74) is 0. The number of hydrogen-bond donors (Lipinski definition) is 0. The quantitative estimate of drug-likeness (QED) is 0.484. The van der Waals surface area contributed by atoms with Gasteiger partial charge in [-0.2, -0.15) is 0 Å². The zero-order chi connectivity index (χ0) is 8.04. The van der Waals surface area contributed by atoms with Gasteiger partial charge in [0.2, 0.25) is 0 Å². The second kappa shape index (κ2) is 5.12. The van der Waals surface area contributed by atoms with Crippen LogP contribution < -0.4 is 0 Å². The number of unbranched alkanes of at least 4 members (excludes halogenated alkanes) is 3. The Hall–Kier alpha value is 0.418. The number of rotatable bonds is 5. The van der Waals surface area contributed by atoms with Crippen molar-refractivity contribution in [1.82, 2.24) is 0 Å². The van der Waals surface area contributed by atoms with E-state index in [0.717, 1.165) is 19.3 Å². The van der Waals surface area contributed by atoms with Crippen LogP contribution in [0.5, 0.6) is 0 Å². The van der Waals surface area contributed by atoms with Gasteiger partial charge in [-0.15, -0.1) is 0 Å². The molecule has 0 N–H and O–H groups in total. The predicted octanol–water partition coefficient (Wildman–Crippen LogP) is 2.18. The van der Waals surface area contributed by atoms with Crippen LogP contribution in [0.4, 0.5) is 8.78 Å². The second-order valence-corrected chi connectivity index (χ2v) is 4.34. The summed E-state index contributed by atoms with van der Waals surface area (Å²) in [7, 11) is 0. The van der Waals surface area contributed by atoms with E-state index in [1.165, 1.54) is 0 Å². The third-order valence-corrected chi connectivity index (χ3v) is 1.97. The first kappa shape index (κ1) is 10.4. The average molecular weight is 212 g/mol. The summed E-state index contributed by atoms with van der Waals surface area (Å²) in [5.74, 6) is 0. The van der Waals surface area contributed by atoms with Gasteiger partial charge in [0.15, 0.2) is 0 Å². The molecule has 0 aromatic heterocycles. The minimum absolute atomic E-state index is 0.0764. The van der Waals surface area contributed by atoms with Gasteiger partial charge >= 0.3 is 69.4 Å². The van der Waals surface area contributed by atoms with Crippen molar-refractivity contribution in [2.24, 2.45) is 0 Å². The molecule has 0 nitrogen and oxygen atoms in total. The topological polar surface area (TPSA) is 0 Å². The van der Waals surface area contributed by atoms with E-state index in [4.69, 9.17) is 0 Å². The summed E-state index contributed by atoms with van der Waals surface area (Å²) >= 11 is 0.548. The SMILES string of the molecule is CCCCCCC(F)(F)[AsH2]. The zero-order valence-corrected chi connectivity index (χ0v) is 8.79.